The van der Waals surface area contributed by atoms with Crippen molar-refractivity contribution >= 4 is 35.2 Å². The number of hydrogen-bond donors (Lipinski definition) is 3. The Morgan fingerprint density at radius 2 is 1.75 bits per heavy atom. The number of nitrogens with one attached hydrogen (secondary N) is 2. The van der Waals surface area contributed by atoms with E-state index in [1.54, 1.807) is 58.4 Å². The fourth-order valence-corrected chi connectivity index (χ4v) is 4.85. The van der Waals surface area contributed by atoms with E-state index in [-0.39, 0.29) is 18.3 Å². The number of rotatable bonds is 7. The SMILES string of the molecule is CN1CCN(C(=O)COc2ccc(/C(=N/N)C3=Cc4cccc(NC(=O)NN5CCOCC5)c4C3=O)cc2)CC1. The van der Waals surface area contributed by atoms with Crippen molar-refractivity contribution in [3.63, 3.8) is 0 Å². The van der Waals surface area contributed by atoms with E-state index >= 15 is 0 Å². The summed E-state index contributed by atoms with van der Waals surface area (Å²) >= 11 is 0. The number of hydrazine groups is 1. The molecule has 3 aliphatic rings. The third-order valence-corrected chi connectivity index (χ3v) is 7.12. The zero-order valence-electron chi connectivity index (χ0n) is 22.4. The predicted molar refractivity (Wildman–Crippen MR) is 150 cm³/mol. The molecule has 0 spiro atoms. The summed E-state index contributed by atoms with van der Waals surface area (Å²) in [6.07, 6.45) is 1.72. The molecule has 12 heteroatoms. The van der Waals surface area contributed by atoms with E-state index in [1.165, 1.54) is 0 Å². The Balaban J connectivity index is 1.22. The van der Waals surface area contributed by atoms with E-state index in [4.69, 9.17) is 15.3 Å². The van der Waals surface area contributed by atoms with Crippen LogP contribution in [0, 0.1) is 0 Å². The van der Waals surface area contributed by atoms with Crippen molar-refractivity contribution in [1.29, 1.82) is 0 Å². The molecule has 0 aromatic heterocycles. The standard InChI is InChI=1S/C28H33N7O5/c1-33-9-11-34(12-10-33)24(36)18-40-21-7-5-19(6-8-21)26(31-29)22-17-20-3-2-4-23(25(20)27(22)37)30-28(38)32-35-13-15-39-16-14-35/h2-8,17H,9-16,18,29H2,1H3,(H2,30,32,38)/b31-26-. The first kappa shape index (κ1) is 27.3. The number of carbonyl (C=O) groups is 3. The highest BCUT2D eigenvalue weighted by Crippen LogP contribution is 2.33. The van der Waals surface area contributed by atoms with E-state index in [0.717, 1.165) is 13.1 Å². The number of anilines is 1. The molecule has 0 saturated carbocycles. The number of urea groups is 1. The average Bonchev–Trinajstić information content (AvgIpc) is 3.30. The molecule has 12 nitrogen and oxygen atoms in total. The zero-order valence-corrected chi connectivity index (χ0v) is 22.4. The molecule has 2 aromatic carbocycles. The van der Waals surface area contributed by atoms with Gasteiger partial charge in [-0.1, -0.05) is 12.1 Å². The molecule has 2 fully saturated rings. The molecule has 0 radical (unpaired) electrons. The lowest BCUT2D eigenvalue weighted by molar-refractivity contribution is -0.134. The van der Waals surface area contributed by atoms with Gasteiger partial charge in [0.2, 0.25) is 0 Å². The molecule has 0 atom stereocenters. The number of hydrogen-bond acceptors (Lipinski definition) is 9. The summed E-state index contributed by atoms with van der Waals surface area (Å²) in [4.78, 5) is 42.6. The molecule has 2 saturated heterocycles. The van der Waals surface area contributed by atoms with Gasteiger partial charge < -0.3 is 30.4 Å². The van der Waals surface area contributed by atoms with Crippen LogP contribution in [0.25, 0.3) is 6.08 Å². The van der Waals surface area contributed by atoms with Crippen LogP contribution < -0.4 is 21.3 Å². The number of allylic oxidation sites excluding steroid dienone is 1. The lowest BCUT2D eigenvalue weighted by Gasteiger charge is -2.32. The monoisotopic (exact) mass is 547 g/mol. The highest BCUT2D eigenvalue weighted by atomic mass is 16.5. The van der Waals surface area contributed by atoms with Gasteiger partial charge in [0, 0.05) is 44.8 Å². The first-order valence-electron chi connectivity index (χ1n) is 13.2. The van der Waals surface area contributed by atoms with Crippen LogP contribution in [0.15, 0.2) is 53.1 Å². The zero-order chi connectivity index (χ0) is 28.1. The minimum atomic E-state index is -0.439. The summed E-state index contributed by atoms with van der Waals surface area (Å²) in [6, 6.07) is 11.7. The van der Waals surface area contributed by atoms with Gasteiger partial charge in [0.15, 0.2) is 12.4 Å². The number of nitrogens with zero attached hydrogens (tertiary/aromatic N) is 4. The van der Waals surface area contributed by atoms with Gasteiger partial charge in [-0.25, -0.2) is 9.80 Å². The number of likely N-dealkylation sites (N-methyl/N-ethyl adjacent to an activating group) is 1. The van der Waals surface area contributed by atoms with Crippen LogP contribution in [0.4, 0.5) is 10.5 Å². The summed E-state index contributed by atoms with van der Waals surface area (Å²) in [7, 11) is 2.04. The molecule has 2 aliphatic heterocycles. The molecule has 0 unspecified atom stereocenters. The van der Waals surface area contributed by atoms with Crippen LogP contribution in [0.1, 0.15) is 21.5 Å². The number of hydrazone groups is 1. The van der Waals surface area contributed by atoms with Crippen LogP contribution in [0.5, 0.6) is 5.75 Å². The maximum Gasteiger partial charge on any atom is 0.333 e. The molecule has 0 bridgehead atoms. The number of ketones is 1. The van der Waals surface area contributed by atoms with E-state index in [2.05, 4.69) is 20.7 Å². The number of morpholine rings is 1. The Morgan fingerprint density at radius 1 is 1.02 bits per heavy atom. The third-order valence-electron chi connectivity index (χ3n) is 7.12. The third kappa shape index (κ3) is 6.14. The summed E-state index contributed by atoms with van der Waals surface area (Å²) in [5, 5.41) is 8.47. The van der Waals surface area contributed by atoms with Crippen LogP contribution >= 0.6 is 0 Å². The predicted octanol–water partition coefficient (Wildman–Crippen LogP) is 1.15. The fourth-order valence-electron chi connectivity index (χ4n) is 4.85. The Bertz CT molecular complexity index is 1330. The van der Waals surface area contributed by atoms with Gasteiger partial charge in [-0.15, -0.1) is 0 Å². The smallest absolute Gasteiger partial charge is 0.333 e. The first-order chi connectivity index (χ1) is 19.4. The summed E-state index contributed by atoms with van der Waals surface area (Å²) in [6.45, 7) is 5.26. The summed E-state index contributed by atoms with van der Waals surface area (Å²) in [5.74, 6) is 5.93. The van der Waals surface area contributed by atoms with Crippen LogP contribution in [0.3, 0.4) is 0 Å². The normalized spacial score (nSPS) is 18.2. The molecule has 1 aliphatic carbocycles. The molecular weight excluding hydrogens is 514 g/mol. The first-order valence-corrected chi connectivity index (χ1v) is 13.2. The van der Waals surface area contributed by atoms with Crippen LogP contribution in [0.2, 0.25) is 0 Å². The number of Topliss-reactive ketones (excluding diaryl/α,β-unsaturated/α-hetero) is 1. The number of carbonyl (C=O) groups excluding carboxylic acids is 3. The summed E-state index contributed by atoms with van der Waals surface area (Å²) < 4.78 is 11.0. The van der Waals surface area contributed by atoms with Crippen molar-refractivity contribution < 1.29 is 23.9 Å². The Labute approximate surface area is 232 Å². The molecule has 2 aromatic rings. The molecule has 2 heterocycles. The van der Waals surface area contributed by atoms with E-state index in [1.807, 2.05) is 7.05 Å². The van der Waals surface area contributed by atoms with Gasteiger partial charge >= 0.3 is 6.03 Å². The second-order valence-electron chi connectivity index (χ2n) is 9.80. The van der Waals surface area contributed by atoms with Crippen molar-refractivity contribution in [3.05, 3.63) is 64.7 Å². The minimum Gasteiger partial charge on any atom is -0.484 e. The number of nitrogens with two attached hydrogens (primary N) is 1. The molecule has 4 N–H and O–H groups in total. The molecule has 5 rings (SSSR count). The Hall–Kier alpha value is -4.26. The number of fused-ring (bicyclic) bond motifs is 1. The van der Waals surface area contributed by atoms with Crippen molar-refractivity contribution in [1.82, 2.24) is 20.2 Å². The Kier molecular flexibility index (Phi) is 8.39. The van der Waals surface area contributed by atoms with Gasteiger partial charge in [0.1, 0.15) is 11.5 Å². The molecule has 40 heavy (non-hydrogen) atoms. The number of piperazine rings is 1. The van der Waals surface area contributed by atoms with Crippen molar-refractivity contribution in [2.24, 2.45) is 10.9 Å². The molecule has 3 amide bonds. The van der Waals surface area contributed by atoms with Gasteiger partial charge in [0.25, 0.3) is 5.91 Å². The minimum absolute atomic E-state index is 0.0469. The topological polar surface area (TPSA) is 142 Å². The van der Waals surface area contributed by atoms with Crippen molar-refractivity contribution in [2.75, 3.05) is 71.5 Å². The van der Waals surface area contributed by atoms with E-state index < -0.39 is 6.03 Å². The van der Waals surface area contributed by atoms with Gasteiger partial charge in [-0.3, -0.25) is 15.0 Å². The van der Waals surface area contributed by atoms with E-state index in [0.29, 0.717) is 78.8 Å². The van der Waals surface area contributed by atoms with Gasteiger partial charge in [0.05, 0.1) is 30.0 Å². The van der Waals surface area contributed by atoms with E-state index in [9.17, 15) is 14.4 Å². The second kappa shape index (κ2) is 12.3. The fraction of sp³-hybridized carbons (Fsp3) is 0.357. The highest BCUT2D eigenvalue weighted by molar-refractivity contribution is 6.39. The second-order valence-corrected chi connectivity index (χ2v) is 9.80. The van der Waals surface area contributed by atoms with Crippen molar-refractivity contribution in [3.8, 4) is 5.75 Å². The van der Waals surface area contributed by atoms with Gasteiger partial charge in [-0.05, 0) is 49.0 Å². The van der Waals surface area contributed by atoms with Crippen molar-refractivity contribution in [2.45, 2.75) is 0 Å². The summed E-state index contributed by atoms with van der Waals surface area (Å²) in [5.41, 5.74) is 5.45. The number of benzene rings is 2. The van der Waals surface area contributed by atoms with Gasteiger partial charge in [-0.2, -0.15) is 5.10 Å². The molecule has 210 valence electrons. The quantitative estimate of drug-likeness (QED) is 0.266. The maximum atomic E-state index is 13.5. The molecular formula is C28H33N7O5. The van der Waals surface area contributed by atoms with Crippen LogP contribution in [-0.2, 0) is 9.53 Å². The highest BCUT2D eigenvalue weighted by Gasteiger charge is 2.30. The average molecular weight is 548 g/mol. The Morgan fingerprint density at radius 3 is 2.45 bits per heavy atom. The maximum absolute atomic E-state index is 13.5. The lowest BCUT2D eigenvalue weighted by atomic mass is 9.99. The lowest BCUT2D eigenvalue weighted by Crippen LogP contribution is -2.49. The number of ether oxygens (including phenoxy) is 2. The largest absolute Gasteiger partial charge is 0.484 e. The number of amides is 3. The van der Waals surface area contributed by atoms with Crippen LogP contribution in [-0.4, -0.2) is 104 Å².